The first-order valence-corrected chi connectivity index (χ1v) is 7.41. The fraction of sp³-hybridized carbons (Fsp3) is 0.231. The smallest absolute Gasteiger partial charge is 0.240 e. The van der Waals surface area contributed by atoms with Gasteiger partial charge >= 0.3 is 0 Å². The maximum absolute atomic E-state index is 12.0. The molecule has 0 aliphatic carbocycles. The molecule has 0 saturated carbocycles. The first-order valence-electron chi connectivity index (χ1n) is 5.93. The van der Waals surface area contributed by atoms with Crippen molar-refractivity contribution in [3.63, 3.8) is 0 Å². The number of nitrogens with two attached hydrogens (primary N) is 1. The highest BCUT2D eigenvalue weighted by atomic mass is 32.2. The number of hydrogen-bond acceptors (Lipinski definition) is 4. The van der Waals surface area contributed by atoms with Crippen LogP contribution in [0, 0.1) is 0 Å². The van der Waals surface area contributed by atoms with E-state index in [0.717, 1.165) is 12.0 Å². The van der Waals surface area contributed by atoms with E-state index in [-0.39, 0.29) is 11.4 Å². The number of nitrogens with one attached hydrogen (secondary N) is 1. The summed E-state index contributed by atoms with van der Waals surface area (Å²) < 4.78 is 31.6. The summed E-state index contributed by atoms with van der Waals surface area (Å²) in [6.07, 6.45) is 2.24. The van der Waals surface area contributed by atoms with E-state index in [1.54, 1.807) is 36.4 Å². The van der Waals surface area contributed by atoms with Crippen molar-refractivity contribution in [3.8, 4) is 0 Å². The van der Waals surface area contributed by atoms with Gasteiger partial charge in [0.1, 0.15) is 5.76 Å². The summed E-state index contributed by atoms with van der Waals surface area (Å²) in [5.41, 5.74) is 6.47. The van der Waals surface area contributed by atoms with Crippen LogP contribution in [0.15, 0.2) is 52.0 Å². The monoisotopic (exact) mass is 280 g/mol. The topological polar surface area (TPSA) is 85.3 Å². The summed E-state index contributed by atoms with van der Waals surface area (Å²) in [4.78, 5) is 0.236. The third-order valence-electron chi connectivity index (χ3n) is 2.68. The van der Waals surface area contributed by atoms with Crippen molar-refractivity contribution in [1.82, 2.24) is 4.72 Å². The van der Waals surface area contributed by atoms with Crippen LogP contribution >= 0.6 is 0 Å². The minimum atomic E-state index is -3.51. The van der Waals surface area contributed by atoms with Gasteiger partial charge in [-0.05, 0) is 42.8 Å². The fourth-order valence-corrected chi connectivity index (χ4v) is 2.66. The summed E-state index contributed by atoms with van der Waals surface area (Å²) in [5.74, 6) is 0.573. The summed E-state index contributed by atoms with van der Waals surface area (Å²) >= 11 is 0. The Labute approximate surface area is 112 Å². The molecule has 1 heterocycles. The maximum Gasteiger partial charge on any atom is 0.240 e. The van der Waals surface area contributed by atoms with Crippen molar-refractivity contribution in [2.75, 3.05) is 6.54 Å². The Morgan fingerprint density at radius 1 is 1.16 bits per heavy atom. The average molecular weight is 280 g/mol. The Hall–Kier alpha value is -1.63. The molecule has 0 aliphatic rings. The normalized spacial score (nSPS) is 11.6. The van der Waals surface area contributed by atoms with Gasteiger partial charge in [0.25, 0.3) is 0 Å². The SMILES string of the molecule is NCCc1ccc(S(=O)(=O)NCc2ccco2)cc1. The summed E-state index contributed by atoms with van der Waals surface area (Å²) in [6.45, 7) is 0.683. The molecular weight excluding hydrogens is 264 g/mol. The highest BCUT2D eigenvalue weighted by Gasteiger charge is 2.13. The molecule has 0 spiro atoms. The minimum Gasteiger partial charge on any atom is -0.468 e. The molecule has 0 atom stereocenters. The number of furan rings is 1. The van der Waals surface area contributed by atoms with Gasteiger partial charge in [-0.1, -0.05) is 12.1 Å². The van der Waals surface area contributed by atoms with Crippen molar-refractivity contribution < 1.29 is 12.8 Å². The largest absolute Gasteiger partial charge is 0.468 e. The third kappa shape index (κ3) is 3.66. The Balaban J connectivity index is 2.06. The van der Waals surface area contributed by atoms with E-state index < -0.39 is 10.0 Å². The van der Waals surface area contributed by atoms with E-state index in [2.05, 4.69) is 4.72 Å². The molecule has 0 radical (unpaired) electrons. The Kier molecular flexibility index (Phi) is 4.36. The first kappa shape index (κ1) is 13.8. The molecule has 0 fully saturated rings. The molecule has 0 unspecified atom stereocenters. The van der Waals surface area contributed by atoms with Crippen LogP contribution in [0.1, 0.15) is 11.3 Å². The number of rotatable bonds is 6. The van der Waals surface area contributed by atoms with Crippen molar-refractivity contribution in [1.29, 1.82) is 0 Å². The van der Waals surface area contributed by atoms with Crippen molar-refractivity contribution >= 4 is 10.0 Å². The quantitative estimate of drug-likeness (QED) is 0.834. The molecule has 2 rings (SSSR count). The molecule has 0 bridgehead atoms. The maximum atomic E-state index is 12.0. The Morgan fingerprint density at radius 2 is 1.89 bits per heavy atom. The molecule has 1 aromatic heterocycles. The van der Waals surface area contributed by atoms with Crippen molar-refractivity contribution in [2.45, 2.75) is 17.9 Å². The number of benzene rings is 1. The number of hydrogen-bond donors (Lipinski definition) is 2. The fourth-order valence-electron chi connectivity index (χ4n) is 1.66. The predicted octanol–water partition coefficient (Wildman–Crippen LogP) is 1.26. The molecule has 0 amide bonds. The van der Waals surface area contributed by atoms with Gasteiger partial charge in [-0.2, -0.15) is 0 Å². The lowest BCUT2D eigenvalue weighted by atomic mass is 10.2. The van der Waals surface area contributed by atoms with E-state index in [1.165, 1.54) is 6.26 Å². The lowest BCUT2D eigenvalue weighted by molar-refractivity contribution is 0.498. The first-order chi connectivity index (χ1) is 9.12. The zero-order valence-electron chi connectivity index (χ0n) is 10.4. The lowest BCUT2D eigenvalue weighted by Crippen LogP contribution is -2.23. The average Bonchev–Trinajstić information content (AvgIpc) is 2.91. The highest BCUT2D eigenvalue weighted by molar-refractivity contribution is 7.89. The van der Waals surface area contributed by atoms with E-state index >= 15 is 0 Å². The van der Waals surface area contributed by atoms with Gasteiger partial charge in [-0.25, -0.2) is 13.1 Å². The second-order valence-electron chi connectivity index (χ2n) is 4.09. The van der Waals surface area contributed by atoms with Gasteiger partial charge < -0.3 is 10.2 Å². The predicted molar refractivity (Wildman–Crippen MR) is 71.9 cm³/mol. The molecule has 5 nitrogen and oxygen atoms in total. The van der Waals surface area contributed by atoms with E-state index in [1.807, 2.05) is 0 Å². The molecule has 1 aromatic carbocycles. The van der Waals surface area contributed by atoms with Crippen molar-refractivity contribution in [3.05, 3.63) is 54.0 Å². The van der Waals surface area contributed by atoms with Gasteiger partial charge in [-0.15, -0.1) is 0 Å². The van der Waals surface area contributed by atoms with Crippen LogP contribution in [-0.2, 0) is 23.0 Å². The molecule has 0 aliphatic heterocycles. The third-order valence-corrected chi connectivity index (χ3v) is 4.10. The van der Waals surface area contributed by atoms with E-state index in [9.17, 15) is 8.42 Å². The highest BCUT2D eigenvalue weighted by Crippen LogP contribution is 2.11. The van der Waals surface area contributed by atoms with Crippen LogP contribution in [0.5, 0.6) is 0 Å². The van der Waals surface area contributed by atoms with Crippen LogP contribution in [0.2, 0.25) is 0 Å². The second kappa shape index (κ2) is 6.01. The van der Waals surface area contributed by atoms with Gasteiger partial charge in [0.05, 0.1) is 17.7 Å². The van der Waals surface area contributed by atoms with Gasteiger partial charge in [-0.3, -0.25) is 0 Å². The Morgan fingerprint density at radius 3 is 2.47 bits per heavy atom. The summed E-state index contributed by atoms with van der Waals surface area (Å²) in [7, 11) is -3.51. The molecule has 6 heteroatoms. The lowest BCUT2D eigenvalue weighted by Gasteiger charge is -2.06. The minimum absolute atomic E-state index is 0.139. The zero-order chi connectivity index (χ0) is 13.7. The molecule has 0 saturated heterocycles. The standard InChI is InChI=1S/C13H16N2O3S/c14-8-7-11-3-5-13(6-4-11)19(16,17)15-10-12-2-1-9-18-12/h1-6,9,15H,7-8,10,14H2. The van der Waals surface area contributed by atoms with E-state index in [4.69, 9.17) is 10.2 Å². The van der Waals surface area contributed by atoms with Gasteiger partial charge in [0.15, 0.2) is 0 Å². The Bertz CT molecular complexity index is 604. The molecule has 3 N–H and O–H groups in total. The van der Waals surface area contributed by atoms with Crippen LogP contribution in [0.25, 0.3) is 0 Å². The van der Waals surface area contributed by atoms with Crippen LogP contribution < -0.4 is 10.5 Å². The molecular formula is C13H16N2O3S. The van der Waals surface area contributed by atoms with Gasteiger partial charge in [0.2, 0.25) is 10.0 Å². The zero-order valence-corrected chi connectivity index (χ0v) is 11.2. The van der Waals surface area contributed by atoms with Crippen LogP contribution in [0.4, 0.5) is 0 Å². The summed E-state index contributed by atoms with van der Waals surface area (Å²) in [5, 5.41) is 0. The molecule has 19 heavy (non-hydrogen) atoms. The van der Waals surface area contributed by atoms with Crippen molar-refractivity contribution in [2.24, 2.45) is 5.73 Å². The second-order valence-corrected chi connectivity index (χ2v) is 5.85. The van der Waals surface area contributed by atoms with Crippen LogP contribution in [-0.4, -0.2) is 15.0 Å². The van der Waals surface area contributed by atoms with Crippen LogP contribution in [0.3, 0.4) is 0 Å². The molecule has 2 aromatic rings. The number of sulfonamides is 1. The van der Waals surface area contributed by atoms with Gasteiger partial charge in [0, 0.05) is 0 Å². The van der Waals surface area contributed by atoms with E-state index in [0.29, 0.717) is 12.3 Å². The molecule has 102 valence electrons. The summed E-state index contributed by atoms with van der Waals surface area (Å²) in [6, 6.07) is 10.1.